The number of aryl methyl sites for hydroxylation is 2. The normalized spacial score (nSPS) is 18.0. The molecule has 0 spiro atoms. The summed E-state index contributed by atoms with van der Waals surface area (Å²) in [7, 11) is -2.55. The van der Waals surface area contributed by atoms with Crippen LogP contribution in [0.2, 0.25) is 0 Å². The average molecular weight is 330 g/mol. The largest absolute Gasteiger partial charge is 0.316 e. The third kappa shape index (κ3) is 3.53. The molecule has 7 heteroatoms. The van der Waals surface area contributed by atoms with E-state index in [1.165, 1.54) is 4.31 Å². The summed E-state index contributed by atoms with van der Waals surface area (Å²) in [6, 6.07) is 3.68. The van der Waals surface area contributed by atoms with Gasteiger partial charge in [0.25, 0.3) is 0 Å². The van der Waals surface area contributed by atoms with Crippen molar-refractivity contribution in [2.75, 3.05) is 31.6 Å². The van der Waals surface area contributed by atoms with Gasteiger partial charge in [0, 0.05) is 41.9 Å². The molecule has 0 atom stereocenters. The first-order valence-corrected chi connectivity index (χ1v) is 9.89. The molecule has 0 unspecified atom stereocenters. The van der Waals surface area contributed by atoms with Crippen LogP contribution < -0.4 is 5.32 Å². The highest BCUT2D eigenvalue weighted by atomic mass is 32.2. The van der Waals surface area contributed by atoms with E-state index in [2.05, 4.69) is 5.32 Å². The Bertz CT molecular complexity index is 646. The van der Waals surface area contributed by atoms with Crippen molar-refractivity contribution in [2.45, 2.75) is 25.3 Å². The number of hydrogen-bond acceptors (Lipinski definition) is 4. The van der Waals surface area contributed by atoms with Crippen molar-refractivity contribution in [3.63, 3.8) is 0 Å². The molecule has 118 valence electrons. The van der Waals surface area contributed by atoms with Crippen LogP contribution in [0.3, 0.4) is 0 Å². The van der Waals surface area contributed by atoms with Crippen molar-refractivity contribution in [3.8, 4) is 0 Å². The van der Waals surface area contributed by atoms with E-state index in [1.807, 2.05) is 27.0 Å². The number of nitrogens with zero attached hydrogens (tertiary/aromatic N) is 1. The predicted octanol–water partition coefficient (Wildman–Crippen LogP) is 0.776. The van der Waals surface area contributed by atoms with Crippen LogP contribution in [0.1, 0.15) is 16.7 Å². The van der Waals surface area contributed by atoms with Crippen LogP contribution in [-0.4, -0.2) is 48.6 Å². The molecule has 1 saturated heterocycles. The molecule has 1 aliphatic rings. The Balaban J connectivity index is 2.39. The maximum absolute atomic E-state index is 12.8. The molecule has 1 fully saturated rings. The molecular formula is C14H22N2O3S2. The topological polar surface area (TPSA) is 66.5 Å². The van der Waals surface area contributed by atoms with Crippen LogP contribution in [0.5, 0.6) is 0 Å². The Morgan fingerprint density at radius 2 is 1.81 bits per heavy atom. The van der Waals surface area contributed by atoms with E-state index in [0.29, 0.717) is 36.0 Å². The molecule has 0 aliphatic carbocycles. The quantitative estimate of drug-likeness (QED) is 0.886. The first kappa shape index (κ1) is 16.6. The lowest BCUT2D eigenvalue weighted by atomic mass is 10.1. The van der Waals surface area contributed by atoms with Gasteiger partial charge in [-0.15, -0.1) is 0 Å². The van der Waals surface area contributed by atoms with E-state index in [1.54, 1.807) is 6.07 Å². The van der Waals surface area contributed by atoms with Gasteiger partial charge < -0.3 is 5.32 Å². The minimum atomic E-state index is -3.50. The summed E-state index contributed by atoms with van der Waals surface area (Å²) in [6.07, 6.45) is 0. The van der Waals surface area contributed by atoms with E-state index in [0.717, 1.165) is 16.7 Å². The molecule has 0 bridgehead atoms. The number of nitrogens with one attached hydrogen (secondary N) is 1. The summed E-state index contributed by atoms with van der Waals surface area (Å²) in [4.78, 5) is 0.367. The van der Waals surface area contributed by atoms with Gasteiger partial charge in [-0.25, -0.2) is 8.42 Å². The van der Waals surface area contributed by atoms with E-state index in [4.69, 9.17) is 0 Å². The Hall–Kier alpha value is -0.760. The fourth-order valence-corrected chi connectivity index (χ4v) is 5.52. The minimum Gasteiger partial charge on any atom is -0.316 e. The average Bonchev–Trinajstić information content (AvgIpc) is 2.42. The van der Waals surface area contributed by atoms with Gasteiger partial charge in [-0.1, -0.05) is 6.07 Å². The van der Waals surface area contributed by atoms with Crippen LogP contribution in [0.4, 0.5) is 0 Å². The first-order valence-electron chi connectivity index (χ1n) is 6.96. The summed E-state index contributed by atoms with van der Waals surface area (Å²) < 4.78 is 38.4. The fourth-order valence-electron chi connectivity index (χ4n) is 2.53. The van der Waals surface area contributed by atoms with E-state index in [9.17, 15) is 12.6 Å². The minimum absolute atomic E-state index is 0.337. The van der Waals surface area contributed by atoms with Crippen molar-refractivity contribution >= 4 is 20.8 Å². The van der Waals surface area contributed by atoms with Crippen LogP contribution in [0.25, 0.3) is 0 Å². The number of benzene rings is 1. The zero-order valence-corrected chi connectivity index (χ0v) is 14.3. The van der Waals surface area contributed by atoms with Gasteiger partial charge in [-0.2, -0.15) is 4.31 Å². The van der Waals surface area contributed by atoms with Crippen molar-refractivity contribution < 1.29 is 12.6 Å². The molecule has 5 nitrogen and oxygen atoms in total. The molecule has 0 aromatic heterocycles. The van der Waals surface area contributed by atoms with Crippen LogP contribution >= 0.6 is 0 Å². The Morgan fingerprint density at radius 1 is 1.19 bits per heavy atom. The summed E-state index contributed by atoms with van der Waals surface area (Å²) in [5.41, 5.74) is 2.84. The molecule has 1 aliphatic heterocycles. The molecular weight excluding hydrogens is 308 g/mol. The second-order valence-corrected chi connectivity index (χ2v) is 8.93. The lowest BCUT2D eigenvalue weighted by Crippen LogP contribution is -2.42. The van der Waals surface area contributed by atoms with Gasteiger partial charge in [0.2, 0.25) is 10.0 Å². The van der Waals surface area contributed by atoms with Gasteiger partial charge in [-0.3, -0.25) is 4.21 Å². The molecule has 0 saturated carbocycles. The van der Waals surface area contributed by atoms with Gasteiger partial charge in [0.15, 0.2) is 0 Å². The van der Waals surface area contributed by atoms with Crippen LogP contribution in [-0.2, 0) is 27.4 Å². The summed E-state index contributed by atoms with van der Waals surface area (Å²) in [5.74, 6) is 0.848. The number of sulfonamides is 1. The van der Waals surface area contributed by atoms with Crippen molar-refractivity contribution in [1.82, 2.24) is 9.62 Å². The highest BCUT2D eigenvalue weighted by Gasteiger charge is 2.29. The SMILES string of the molecule is CNCc1cc(S(=O)(=O)N2CCS(=O)CC2)c(C)cc1C. The Labute approximate surface area is 129 Å². The maximum Gasteiger partial charge on any atom is 0.243 e. The second-order valence-electron chi connectivity index (χ2n) is 5.33. The third-order valence-electron chi connectivity index (χ3n) is 3.76. The molecule has 1 N–H and O–H groups in total. The van der Waals surface area contributed by atoms with Gasteiger partial charge >= 0.3 is 0 Å². The monoisotopic (exact) mass is 330 g/mol. The summed E-state index contributed by atoms with van der Waals surface area (Å²) >= 11 is 0. The number of rotatable bonds is 4. The first-order chi connectivity index (χ1) is 9.86. The third-order valence-corrected chi connectivity index (χ3v) is 7.07. The van der Waals surface area contributed by atoms with E-state index in [-0.39, 0.29) is 0 Å². The lowest BCUT2D eigenvalue weighted by molar-refractivity contribution is 0.438. The van der Waals surface area contributed by atoms with E-state index < -0.39 is 20.8 Å². The van der Waals surface area contributed by atoms with Gasteiger partial charge in [-0.05, 0) is 43.7 Å². The van der Waals surface area contributed by atoms with Crippen LogP contribution in [0, 0.1) is 13.8 Å². The molecule has 0 amide bonds. The Kier molecular flexibility index (Phi) is 5.19. The zero-order chi connectivity index (χ0) is 15.6. The van der Waals surface area contributed by atoms with Crippen molar-refractivity contribution in [2.24, 2.45) is 0 Å². The molecule has 1 aromatic rings. The molecule has 2 rings (SSSR count). The molecule has 0 radical (unpaired) electrons. The lowest BCUT2D eigenvalue weighted by Gasteiger charge is -2.26. The highest BCUT2D eigenvalue weighted by Crippen LogP contribution is 2.24. The Morgan fingerprint density at radius 3 is 2.38 bits per heavy atom. The molecule has 1 heterocycles. The van der Waals surface area contributed by atoms with Gasteiger partial charge in [0.1, 0.15) is 0 Å². The fraction of sp³-hybridized carbons (Fsp3) is 0.571. The van der Waals surface area contributed by atoms with Crippen LogP contribution in [0.15, 0.2) is 17.0 Å². The van der Waals surface area contributed by atoms with E-state index >= 15 is 0 Å². The summed E-state index contributed by atoms with van der Waals surface area (Å²) in [5, 5.41) is 3.06. The maximum atomic E-state index is 12.8. The second kappa shape index (κ2) is 6.56. The molecule has 21 heavy (non-hydrogen) atoms. The standard InChI is InChI=1S/C14H22N2O3S2/c1-11-8-12(2)14(9-13(11)10-15-3)21(18,19)16-4-6-20(17)7-5-16/h8-9,15H,4-7,10H2,1-3H3. The van der Waals surface area contributed by atoms with Crippen molar-refractivity contribution in [1.29, 1.82) is 0 Å². The number of hydrogen-bond donors (Lipinski definition) is 1. The van der Waals surface area contributed by atoms with Crippen molar-refractivity contribution in [3.05, 3.63) is 28.8 Å². The molecule has 1 aromatic carbocycles. The zero-order valence-electron chi connectivity index (χ0n) is 12.7. The van der Waals surface area contributed by atoms with Gasteiger partial charge in [0.05, 0.1) is 4.90 Å². The smallest absolute Gasteiger partial charge is 0.243 e. The summed E-state index contributed by atoms with van der Waals surface area (Å²) in [6.45, 7) is 5.12. The predicted molar refractivity (Wildman–Crippen MR) is 85.3 cm³/mol. The highest BCUT2D eigenvalue weighted by molar-refractivity contribution is 7.89.